The van der Waals surface area contributed by atoms with Gasteiger partial charge in [0.2, 0.25) is 11.8 Å². The number of rotatable bonds is 2. The van der Waals surface area contributed by atoms with Crippen molar-refractivity contribution in [2.75, 3.05) is 26.2 Å². The van der Waals surface area contributed by atoms with Crippen LogP contribution >= 0.6 is 0 Å². The number of hydrogen-bond acceptors (Lipinski definition) is 4. The molecule has 2 amide bonds. The highest BCUT2D eigenvalue weighted by Crippen LogP contribution is 2.19. The van der Waals surface area contributed by atoms with E-state index < -0.39 is 0 Å². The van der Waals surface area contributed by atoms with Crippen molar-refractivity contribution >= 4 is 22.8 Å². The predicted molar refractivity (Wildman–Crippen MR) is 76.5 cm³/mol. The van der Waals surface area contributed by atoms with E-state index in [0.29, 0.717) is 37.5 Å². The van der Waals surface area contributed by atoms with Crippen LogP contribution in [-0.2, 0) is 16.0 Å². The van der Waals surface area contributed by atoms with E-state index in [1.165, 1.54) is 0 Å². The largest absolute Gasteiger partial charge is 0.356 e. The second-order valence-electron chi connectivity index (χ2n) is 5.19. The molecule has 0 unspecified atom stereocenters. The summed E-state index contributed by atoms with van der Waals surface area (Å²) in [6.07, 6.45) is 0.233. The third kappa shape index (κ3) is 2.74. The number of para-hydroxylation sites is 1. The lowest BCUT2D eigenvalue weighted by atomic mass is 10.1. The summed E-state index contributed by atoms with van der Waals surface area (Å²) in [5.74, 6) is 0.0850. The molecule has 1 aliphatic rings. The maximum absolute atomic E-state index is 12.3. The molecule has 1 aromatic carbocycles. The fourth-order valence-corrected chi connectivity index (χ4v) is 2.59. The Morgan fingerprint density at radius 2 is 1.81 bits per heavy atom. The van der Waals surface area contributed by atoms with E-state index in [2.05, 4.69) is 5.16 Å². The minimum atomic E-state index is 0.0252. The average molecular weight is 287 g/mol. The molecule has 0 bridgehead atoms. The number of benzene rings is 1. The normalized spacial score (nSPS) is 15.5. The van der Waals surface area contributed by atoms with Gasteiger partial charge in [0.05, 0.1) is 6.42 Å². The SMILES string of the molecule is CC(=O)N1CCN(C(=O)Cc2noc3ccccc23)CC1. The van der Waals surface area contributed by atoms with Crippen LogP contribution in [-0.4, -0.2) is 52.9 Å². The first-order chi connectivity index (χ1) is 10.1. The van der Waals surface area contributed by atoms with Gasteiger partial charge < -0.3 is 14.3 Å². The van der Waals surface area contributed by atoms with Crippen molar-refractivity contribution in [2.24, 2.45) is 0 Å². The molecule has 2 aromatic rings. The highest BCUT2D eigenvalue weighted by molar-refractivity contribution is 5.86. The van der Waals surface area contributed by atoms with Gasteiger partial charge in [0.1, 0.15) is 5.69 Å². The van der Waals surface area contributed by atoms with Gasteiger partial charge in [-0.25, -0.2) is 0 Å². The first kappa shape index (κ1) is 13.6. The van der Waals surface area contributed by atoms with Crippen LogP contribution in [0.1, 0.15) is 12.6 Å². The first-order valence-electron chi connectivity index (χ1n) is 7.02. The minimum absolute atomic E-state index is 0.0252. The van der Waals surface area contributed by atoms with Gasteiger partial charge in [0, 0.05) is 38.5 Å². The lowest BCUT2D eigenvalue weighted by Crippen LogP contribution is -2.50. The van der Waals surface area contributed by atoms with E-state index in [9.17, 15) is 9.59 Å². The maximum Gasteiger partial charge on any atom is 0.228 e. The Morgan fingerprint density at radius 3 is 2.52 bits per heavy atom. The summed E-state index contributed by atoms with van der Waals surface area (Å²) in [6.45, 7) is 3.91. The van der Waals surface area contributed by atoms with Crippen molar-refractivity contribution < 1.29 is 14.1 Å². The van der Waals surface area contributed by atoms with Crippen LogP contribution < -0.4 is 0 Å². The predicted octanol–water partition coefficient (Wildman–Crippen LogP) is 1.06. The van der Waals surface area contributed by atoms with Gasteiger partial charge >= 0.3 is 0 Å². The van der Waals surface area contributed by atoms with Gasteiger partial charge in [-0.3, -0.25) is 9.59 Å². The summed E-state index contributed by atoms with van der Waals surface area (Å²) in [5, 5.41) is 4.87. The van der Waals surface area contributed by atoms with E-state index in [-0.39, 0.29) is 18.2 Å². The second-order valence-corrected chi connectivity index (χ2v) is 5.19. The van der Waals surface area contributed by atoms with E-state index >= 15 is 0 Å². The zero-order valence-electron chi connectivity index (χ0n) is 11.9. The molecule has 6 heteroatoms. The fourth-order valence-electron chi connectivity index (χ4n) is 2.59. The molecule has 110 valence electrons. The highest BCUT2D eigenvalue weighted by atomic mass is 16.5. The van der Waals surface area contributed by atoms with E-state index in [0.717, 1.165) is 5.39 Å². The van der Waals surface area contributed by atoms with Crippen LogP contribution in [0.15, 0.2) is 28.8 Å². The minimum Gasteiger partial charge on any atom is -0.356 e. The van der Waals surface area contributed by atoms with Gasteiger partial charge in [-0.1, -0.05) is 17.3 Å². The lowest BCUT2D eigenvalue weighted by Gasteiger charge is -2.34. The van der Waals surface area contributed by atoms with Gasteiger partial charge in [-0.15, -0.1) is 0 Å². The molecule has 1 aromatic heterocycles. The Hall–Kier alpha value is -2.37. The molecule has 0 aliphatic carbocycles. The number of amides is 2. The molecule has 1 saturated heterocycles. The topological polar surface area (TPSA) is 66.7 Å². The second kappa shape index (κ2) is 5.55. The summed E-state index contributed by atoms with van der Waals surface area (Å²) >= 11 is 0. The Labute approximate surface area is 122 Å². The van der Waals surface area contributed by atoms with Gasteiger partial charge in [-0.2, -0.15) is 0 Å². The number of hydrogen-bond donors (Lipinski definition) is 0. The molecule has 0 spiro atoms. The number of carbonyl (C=O) groups is 2. The smallest absolute Gasteiger partial charge is 0.228 e. The van der Waals surface area contributed by atoms with Crippen molar-refractivity contribution in [3.63, 3.8) is 0 Å². The number of nitrogens with zero attached hydrogens (tertiary/aromatic N) is 3. The number of carbonyl (C=O) groups excluding carboxylic acids is 2. The summed E-state index contributed by atoms with van der Waals surface area (Å²) in [4.78, 5) is 27.1. The molecule has 1 fully saturated rings. The zero-order valence-corrected chi connectivity index (χ0v) is 11.9. The monoisotopic (exact) mass is 287 g/mol. The van der Waals surface area contributed by atoms with Crippen molar-refractivity contribution in [1.29, 1.82) is 0 Å². The standard InChI is InChI=1S/C15H17N3O3/c1-11(19)17-6-8-18(9-7-17)15(20)10-13-12-4-2-3-5-14(12)21-16-13/h2-5H,6-10H2,1H3. The van der Waals surface area contributed by atoms with Crippen molar-refractivity contribution in [3.05, 3.63) is 30.0 Å². The summed E-state index contributed by atoms with van der Waals surface area (Å²) in [5.41, 5.74) is 1.37. The fraction of sp³-hybridized carbons (Fsp3) is 0.400. The molecule has 3 rings (SSSR count). The van der Waals surface area contributed by atoms with Gasteiger partial charge in [0.15, 0.2) is 5.58 Å². The van der Waals surface area contributed by atoms with Crippen LogP contribution in [0.25, 0.3) is 11.0 Å². The molecular weight excluding hydrogens is 270 g/mol. The highest BCUT2D eigenvalue weighted by Gasteiger charge is 2.23. The van der Waals surface area contributed by atoms with E-state index in [4.69, 9.17) is 4.52 Å². The zero-order chi connectivity index (χ0) is 14.8. The molecule has 0 radical (unpaired) electrons. The third-order valence-corrected chi connectivity index (χ3v) is 3.85. The summed E-state index contributed by atoms with van der Waals surface area (Å²) in [6, 6.07) is 7.52. The third-order valence-electron chi connectivity index (χ3n) is 3.85. The van der Waals surface area contributed by atoms with Crippen molar-refractivity contribution in [1.82, 2.24) is 15.0 Å². The molecule has 6 nitrogen and oxygen atoms in total. The van der Waals surface area contributed by atoms with Crippen LogP contribution in [0.3, 0.4) is 0 Å². The van der Waals surface area contributed by atoms with Crippen molar-refractivity contribution in [3.8, 4) is 0 Å². The Bertz CT molecular complexity index is 672. The van der Waals surface area contributed by atoms with Crippen LogP contribution in [0.2, 0.25) is 0 Å². The first-order valence-corrected chi connectivity index (χ1v) is 7.02. The lowest BCUT2D eigenvalue weighted by molar-refractivity contribution is -0.138. The van der Waals surface area contributed by atoms with Crippen LogP contribution in [0, 0.1) is 0 Å². The number of piperazine rings is 1. The van der Waals surface area contributed by atoms with Crippen LogP contribution in [0.4, 0.5) is 0 Å². The molecule has 0 atom stereocenters. The molecule has 0 N–H and O–H groups in total. The van der Waals surface area contributed by atoms with E-state index in [1.807, 2.05) is 24.3 Å². The maximum atomic E-state index is 12.3. The Morgan fingerprint density at radius 1 is 1.14 bits per heavy atom. The molecule has 0 saturated carbocycles. The Kier molecular flexibility index (Phi) is 3.60. The molecule has 2 heterocycles. The number of fused-ring (bicyclic) bond motifs is 1. The van der Waals surface area contributed by atoms with E-state index in [1.54, 1.807) is 16.7 Å². The molecule has 21 heavy (non-hydrogen) atoms. The van der Waals surface area contributed by atoms with Gasteiger partial charge in [-0.05, 0) is 12.1 Å². The molecular formula is C15H17N3O3. The average Bonchev–Trinajstić information content (AvgIpc) is 2.91. The Balaban J connectivity index is 1.66. The quantitative estimate of drug-likeness (QED) is 0.828. The van der Waals surface area contributed by atoms with Crippen molar-refractivity contribution in [2.45, 2.75) is 13.3 Å². The van der Waals surface area contributed by atoms with Crippen LogP contribution in [0.5, 0.6) is 0 Å². The molecule has 1 aliphatic heterocycles. The summed E-state index contributed by atoms with van der Waals surface area (Å²) < 4.78 is 5.21. The number of aromatic nitrogens is 1. The van der Waals surface area contributed by atoms with Gasteiger partial charge in [0.25, 0.3) is 0 Å². The summed E-state index contributed by atoms with van der Waals surface area (Å²) in [7, 11) is 0.